The topological polar surface area (TPSA) is 72.6 Å². The van der Waals surface area contributed by atoms with E-state index in [4.69, 9.17) is 10.5 Å². The fourth-order valence-corrected chi connectivity index (χ4v) is 4.02. The second kappa shape index (κ2) is 6.35. The minimum absolute atomic E-state index is 0.160. The Bertz CT molecular complexity index is 622. The average molecular weight is 320 g/mol. The Morgan fingerprint density at radius 2 is 2.14 bits per heavy atom. The Morgan fingerprint density at radius 3 is 2.76 bits per heavy atom. The van der Waals surface area contributed by atoms with Gasteiger partial charge >= 0.3 is 0 Å². The van der Waals surface area contributed by atoms with Crippen LogP contribution in [-0.4, -0.2) is 39.0 Å². The number of hydrogen-bond acceptors (Lipinski definition) is 4. The van der Waals surface area contributed by atoms with Gasteiger partial charge in [-0.3, -0.25) is 0 Å². The van der Waals surface area contributed by atoms with Crippen LogP contribution in [0.25, 0.3) is 0 Å². The first kappa shape index (κ1) is 16.3. The van der Waals surface area contributed by atoms with Gasteiger partial charge in [0.15, 0.2) is 5.82 Å². The van der Waals surface area contributed by atoms with E-state index in [0.29, 0.717) is 6.42 Å². The predicted octanol–water partition coefficient (Wildman–Crippen LogP) is 1.22. The molecule has 0 spiro atoms. The minimum atomic E-state index is -4.03. The molecule has 1 saturated heterocycles. The zero-order chi connectivity index (χ0) is 15.6. The number of ether oxygens (including phenoxy) is 1. The van der Waals surface area contributed by atoms with Gasteiger partial charge in [-0.1, -0.05) is 0 Å². The van der Waals surface area contributed by atoms with Crippen molar-refractivity contribution in [3.63, 3.8) is 0 Å². The van der Waals surface area contributed by atoms with Crippen molar-refractivity contribution in [2.24, 2.45) is 5.73 Å². The minimum Gasteiger partial charge on any atom is -0.380 e. The van der Waals surface area contributed by atoms with E-state index in [1.165, 1.54) is 11.4 Å². The van der Waals surface area contributed by atoms with E-state index in [-0.39, 0.29) is 19.2 Å². The van der Waals surface area contributed by atoms with Crippen LogP contribution in [0.1, 0.15) is 18.4 Å². The molecule has 21 heavy (non-hydrogen) atoms. The molecule has 2 N–H and O–H groups in total. The van der Waals surface area contributed by atoms with Gasteiger partial charge in [-0.25, -0.2) is 17.2 Å². The van der Waals surface area contributed by atoms with Crippen LogP contribution in [0, 0.1) is 11.6 Å². The first-order valence-electron chi connectivity index (χ1n) is 6.61. The maximum absolute atomic E-state index is 14.2. The molecule has 1 unspecified atom stereocenters. The van der Waals surface area contributed by atoms with Crippen molar-refractivity contribution in [3.05, 3.63) is 29.3 Å². The van der Waals surface area contributed by atoms with Crippen molar-refractivity contribution in [1.82, 2.24) is 4.31 Å². The molecule has 8 heteroatoms. The summed E-state index contributed by atoms with van der Waals surface area (Å²) in [6.45, 7) is 0.0479. The summed E-state index contributed by atoms with van der Waals surface area (Å²) in [5.74, 6) is -1.96. The second-order valence-corrected chi connectivity index (χ2v) is 6.81. The van der Waals surface area contributed by atoms with Gasteiger partial charge in [-0.2, -0.15) is 4.31 Å². The van der Waals surface area contributed by atoms with E-state index in [0.717, 1.165) is 18.6 Å². The number of piperidine rings is 1. The van der Waals surface area contributed by atoms with Gasteiger partial charge in [0.05, 0.1) is 6.10 Å². The largest absolute Gasteiger partial charge is 0.380 e. The smallest absolute Gasteiger partial charge is 0.246 e. The molecule has 0 radical (unpaired) electrons. The summed E-state index contributed by atoms with van der Waals surface area (Å²) in [6.07, 6.45) is 1.17. The number of benzene rings is 1. The fourth-order valence-electron chi connectivity index (χ4n) is 2.42. The zero-order valence-corrected chi connectivity index (χ0v) is 12.5. The van der Waals surface area contributed by atoms with Gasteiger partial charge in [0.1, 0.15) is 10.7 Å². The molecule has 1 aromatic rings. The molecule has 5 nitrogen and oxygen atoms in total. The summed E-state index contributed by atoms with van der Waals surface area (Å²) in [6, 6.07) is 1.87. The van der Waals surface area contributed by atoms with Crippen molar-refractivity contribution in [2.45, 2.75) is 30.4 Å². The zero-order valence-electron chi connectivity index (χ0n) is 11.7. The lowest BCUT2D eigenvalue weighted by Gasteiger charge is -2.31. The van der Waals surface area contributed by atoms with Gasteiger partial charge in [0.25, 0.3) is 0 Å². The van der Waals surface area contributed by atoms with Gasteiger partial charge in [-0.05, 0) is 25.0 Å². The Kier molecular flexibility index (Phi) is 4.92. The van der Waals surface area contributed by atoms with E-state index < -0.39 is 38.7 Å². The monoisotopic (exact) mass is 320 g/mol. The van der Waals surface area contributed by atoms with Crippen LogP contribution in [0.5, 0.6) is 0 Å². The van der Waals surface area contributed by atoms with Crippen LogP contribution < -0.4 is 5.73 Å². The van der Waals surface area contributed by atoms with Crippen molar-refractivity contribution in [1.29, 1.82) is 0 Å². The maximum Gasteiger partial charge on any atom is 0.246 e. The second-order valence-electron chi connectivity index (χ2n) is 4.91. The molecular formula is C13H18F2N2O3S. The van der Waals surface area contributed by atoms with Gasteiger partial charge in [-0.15, -0.1) is 0 Å². The molecular weight excluding hydrogens is 302 g/mol. The molecule has 1 aliphatic rings. The third kappa shape index (κ3) is 3.08. The Balaban J connectivity index is 2.40. The molecule has 1 atom stereocenters. The van der Waals surface area contributed by atoms with Gasteiger partial charge in [0, 0.05) is 32.3 Å². The van der Waals surface area contributed by atoms with E-state index in [1.54, 1.807) is 0 Å². The molecule has 0 amide bonds. The third-order valence-electron chi connectivity index (χ3n) is 3.65. The molecule has 1 aromatic carbocycles. The van der Waals surface area contributed by atoms with Gasteiger partial charge in [0.2, 0.25) is 10.0 Å². The predicted molar refractivity (Wildman–Crippen MR) is 73.0 cm³/mol. The average Bonchev–Trinajstić information content (AvgIpc) is 2.47. The van der Waals surface area contributed by atoms with Crippen LogP contribution in [-0.2, 0) is 21.3 Å². The standard InChI is InChI=1S/C13H18F2N2O3S/c1-20-9-3-2-6-17(8-9)21(18,19)12-5-4-11(14)10(7-16)13(12)15/h4-5,9H,2-3,6-8,16H2,1H3. The van der Waals surface area contributed by atoms with Crippen molar-refractivity contribution in [2.75, 3.05) is 20.2 Å². The first-order chi connectivity index (χ1) is 9.91. The normalized spacial score (nSPS) is 20.7. The lowest BCUT2D eigenvalue weighted by atomic mass is 10.1. The van der Waals surface area contributed by atoms with Crippen LogP contribution in [0.15, 0.2) is 17.0 Å². The van der Waals surface area contributed by atoms with Gasteiger partial charge < -0.3 is 10.5 Å². The molecule has 0 saturated carbocycles. The SMILES string of the molecule is COC1CCCN(S(=O)(=O)c2ccc(F)c(CN)c2F)C1. The highest BCUT2D eigenvalue weighted by molar-refractivity contribution is 7.89. The van der Waals surface area contributed by atoms with E-state index in [1.807, 2.05) is 0 Å². The quantitative estimate of drug-likeness (QED) is 0.905. The summed E-state index contributed by atoms with van der Waals surface area (Å²) >= 11 is 0. The number of halogens is 2. The van der Waals surface area contributed by atoms with Crippen LogP contribution in [0.2, 0.25) is 0 Å². The molecule has 2 rings (SSSR count). The molecule has 0 bridgehead atoms. The molecule has 1 aliphatic heterocycles. The first-order valence-corrected chi connectivity index (χ1v) is 8.05. The lowest BCUT2D eigenvalue weighted by molar-refractivity contribution is 0.0571. The van der Waals surface area contributed by atoms with Crippen molar-refractivity contribution < 1.29 is 21.9 Å². The summed E-state index contributed by atoms with van der Waals surface area (Å²) in [5.41, 5.74) is 4.86. The van der Waals surface area contributed by atoms with Crippen molar-refractivity contribution in [3.8, 4) is 0 Å². The maximum atomic E-state index is 14.2. The van der Waals surface area contributed by atoms with Crippen molar-refractivity contribution >= 4 is 10.0 Å². The number of nitrogens with zero attached hydrogens (tertiary/aromatic N) is 1. The molecule has 1 heterocycles. The van der Waals surface area contributed by atoms with Crippen LogP contribution in [0.4, 0.5) is 8.78 Å². The summed E-state index contributed by atoms with van der Waals surface area (Å²) in [7, 11) is -2.52. The van der Waals surface area contributed by atoms with E-state index in [2.05, 4.69) is 0 Å². The van der Waals surface area contributed by atoms with E-state index in [9.17, 15) is 17.2 Å². The Morgan fingerprint density at radius 1 is 1.43 bits per heavy atom. The van der Waals surface area contributed by atoms with Crippen LogP contribution in [0.3, 0.4) is 0 Å². The highest BCUT2D eigenvalue weighted by atomic mass is 32.2. The Hall–Kier alpha value is -1.09. The number of nitrogens with two attached hydrogens (primary N) is 1. The highest BCUT2D eigenvalue weighted by Crippen LogP contribution is 2.26. The summed E-state index contributed by atoms with van der Waals surface area (Å²) < 4.78 is 59.0. The number of methoxy groups -OCH3 is 1. The number of hydrogen-bond donors (Lipinski definition) is 1. The summed E-state index contributed by atoms with van der Waals surface area (Å²) in [5, 5.41) is 0. The number of rotatable bonds is 4. The van der Waals surface area contributed by atoms with E-state index >= 15 is 0 Å². The molecule has 0 aliphatic carbocycles. The number of sulfonamides is 1. The third-order valence-corrected chi connectivity index (χ3v) is 5.53. The summed E-state index contributed by atoms with van der Waals surface area (Å²) in [4.78, 5) is -0.541. The molecule has 0 aromatic heterocycles. The van der Waals surface area contributed by atoms with Crippen LogP contribution >= 0.6 is 0 Å². The molecule has 118 valence electrons. The Labute approximate surface area is 122 Å². The fraction of sp³-hybridized carbons (Fsp3) is 0.538. The molecule has 1 fully saturated rings. The highest BCUT2D eigenvalue weighted by Gasteiger charge is 2.33. The lowest BCUT2D eigenvalue weighted by Crippen LogP contribution is -2.43.